The van der Waals surface area contributed by atoms with Crippen LogP contribution in [-0.2, 0) is 0 Å². The van der Waals surface area contributed by atoms with E-state index in [4.69, 9.17) is 5.73 Å². The Balaban J connectivity index is 2.24. The third-order valence-corrected chi connectivity index (χ3v) is 3.37. The van der Waals surface area contributed by atoms with Crippen molar-refractivity contribution >= 4 is 16.9 Å². The Morgan fingerprint density at radius 3 is 2.47 bits per heavy atom. The summed E-state index contributed by atoms with van der Waals surface area (Å²) in [6.45, 7) is 4.26. The normalized spacial score (nSPS) is 10.8. The number of benzene rings is 2. The van der Waals surface area contributed by atoms with Crippen LogP contribution in [0.5, 0.6) is 0 Å². The molecule has 0 aliphatic heterocycles. The first kappa shape index (κ1) is 11.7. The van der Waals surface area contributed by atoms with Gasteiger partial charge in [-0.1, -0.05) is 24.3 Å². The zero-order chi connectivity index (χ0) is 13.4. The number of rotatable bonds is 1. The largest absolute Gasteiger partial charge is 0.368 e. The Morgan fingerprint density at radius 1 is 1.00 bits per heavy atom. The summed E-state index contributed by atoms with van der Waals surface area (Å²) in [5, 5.41) is 1.01. The lowest BCUT2D eigenvalue weighted by atomic mass is 9.95. The summed E-state index contributed by atoms with van der Waals surface area (Å²) in [7, 11) is 0. The minimum Gasteiger partial charge on any atom is -0.368 e. The predicted molar refractivity (Wildman–Crippen MR) is 78.9 cm³/mol. The van der Waals surface area contributed by atoms with E-state index in [0.29, 0.717) is 5.95 Å². The molecular formula is C16H15N3. The summed E-state index contributed by atoms with van der Waals surface area (Å²) < 4.78 is 0. The van der Waals surface area contributed by atoms with Crippen LogP contribution in [0.15, 0.2) is 42.6 Å². The lowest BCUT2D eigenvalue weighted by Crippen LogP contribution is -1.94. The summed E-state index contributed by atoms with van der Waals surface area (Å²) in [6.07, 6.45) is 1.77. The molecule has 0 aliphatic carbocycles. The number of aromatic nitrogens is 2. The molecule has 0 fully saturated rings. The standard InChI is InChI=1S/C16H15N3/c1-10-4-3-5-11(2)15(10)12-6-7-14-13(8-12)9-18-16(17)19-14/h3-9H,1-2H3,(H2,17,18,19). The van der Waals surface area contributed by atoms with Crippen LogP contribution < -0.4 is 5.73 Å². The third-order valence-electron chi connectivity index (χ3n) is 3.37. The zero-order valence-electron chi connectivity index (χ0n) is 11.0. The van der Waals surface area contributed by atoms with E-state index in [1.807, 2.05) is 6.07 Å². The van der Waals surface area contributed by atoms with Gasteiger partial charge in [-0.2, -0.15) is 0 Å². The van der Waals surface area contributed by atoms with Gasteiger partial charge in [0.2, 0.25) is 5.95 Å². The predicted octanol–water partition coefficient (Wildman–Crippen LogP) is 3.50. The molecular weight excluding hydrogens is 234 g/mol. The van der Waals surface area contributed by atoms with Crippen molar-refractivity contribution in [2.75, 3.05) is 5.73 Å². The Hall–Kier alpha value is -2.42. The average Bonchev–Trinajstić information content (AvgIpc) is 2.38. The molecule has 0 aliphatic rings. The molecule has 0 spiro atoms. The van der Waals surface area contributed by atoms with E-state index in [2.05, 4.69) is 54.1 Å². The highest BCUT2D eigenvalue weighted by molar-refractivity contribution is 5.85. The molecule has 0 unspecified atom stereocenters. The maximum Gasteiger partial charge on any atom is 0.220 e. The van der Waals surface area contributed by atoms with Crippen LogP contribution >= 0.6 is 0 Å². The monoisotopic (exact) mass is 249 g/mol. The van der Waals surface area contributed by atoms with Gasteiger partial charge in [0.05, 0.1) is 5.52 Å². The number of hydrogen-bond donors (Lipinski definition) is 1. The van der Waals surface area contributed by atoms with Gasteiger partial charge in [0, 0.05) is 11.6 Å². The first-order valence-corrected chi connectivity index (χ1v) is 6.24. The number of hydrogen-bond acceptors (Lipinski definition) is 3. The summed E-state index contributed by atoms with van der Waals surface area (Å²) in [5.41, 5.74) is 11.5. The van der Waals surface area contributed by atoms with Crippen LogP contribution in [0, 0.1) is 13.8 Å². The van der Waals surface area contributed by atoms with Crippen molar-refractivity contribution in [2.24, 2.45) is 0 Å². The highest BCUT2D eigenvalue weighted by Crippen LogP contribution is 2.29. The topological polar surface area (TPSA) is 51.8 Å². The molecule has 0 saturated carbocycles. The van der Waals surface area contributed by atoms with Crippen LogP contribution in [0.4, 0.5) is 5.95 Å². The second-order valence-corrected chi connectivity index (χ2v) is 4.77. The molecule has 3 heteroatoms. The van der Waals surface area contributed by atoms with Gasteiger partial charge >= 0.3 is 0 Å². The number of nitrogens with two attached hydrogens (primary N) is 1. The fraction of sp³-hybridized carbons (Fsp3) is 0.125. The fourth-order valence-electron chi connectivity index (χ4n) is 2.47. The van der Waals surface area contributed by atoms with Crippen molar-refractivity contribution in [1.82, 2.24) is 9.97 Å². The van der Waals surface area contributed by atoms with Crippen molar-refractivity contribution in [3.8, 4) is 11.1 Å². The van der Waals surface area contributed by atoms with E-state index >= 15 is 0 Å². The van der Waals surface area contributed by atoms with Crippen molar-refractivity contribution in [3.05, 3.63) is 53.7 Å². The molecule has 1 heterocycles. The lowest BCUT2D eigenvalue weighted by Gasteiger charge is -2.10. The molecule has 3 rings (SSSR count). The van der Waals surface area contributed by atoms with E-state index < -0.39 is 0 Å². The van der Waals surface area contributed by atoms with Crippen molar-refractivity contribution in [1.29, 1.82) is 0 Å². The second-order valence-electron chi connectivity index (χ2n) is 4.77. The van der Waals surface area contributed by atoms with E-state index in [1.54, 1.807) is 6.20 Å². The first-order chi connectivity index (χ1) is 9.15. The minimum atomic E-state index is 0.312. The van der Waals surface area contributed by atoms with Crippen LogP contribution in [0.2, 0.25) is 0 Å². The second kappa shape index (κ2) is 4.35. The summed E-state index contributed by atoms with van der Waals surface area (Å²) in [5.74, 6) is 0.312. The van der Waals surface area contributed by atoms with Crippen molar-refractivity contribution < 1.29 is 0 Å². The van der Waals surface area contributed by atoms with Crippen LogP contribution in [0.1, 0.15) is 11.1 Å². The van der Waals surface area contributed by atoms with Crippen LogP contribution in [-0.4, -0.2) is 9.97 Å². The number of aryl methyl sites for hydroxylation is 2. The molecule has 1 aromatic heterocycles. The molecule has 0 radical (unpaired) electrons. The Bertz CT molecular complexity index is 743. The van der Waals surface area contributed by atoms with Gasteiger partial charge in [0.1, 0.15) is 0 Å². The van der Waals surface area contributed by atoms with Gasteiger partial charge in [-0.3, -0.25) is 0 Å². The van der Waals surface area contributed by atoms with Gasteiger partial charge in [-0.25, -0.2) is 9.97 Å². The molecule has 0 bridgehead atoms. The molecule has 2 aromatic carbocycles. The van der Waals surface area contributed by atoms with E-state index in [-0.39, 0.29) is 0 Å². The van der Waals surface area contributed by atoms with Gasteiger partial charge in [0.15, 0.2) is 0 Å². The molecule has 94 valence electrons. The Kier molecular flexibility index (Phi) is 2.67. The maximum atomic E-state index is 5.60. The Labute approximate surface area is 112 Å². The van der Waals surface area contributed by atoms with Gasteiger partial charge in [0.25, 0.3) is 0 Å². The van der Waals surface area contributed by atoms with E-state index in [9.17, 15) is 0 Å². The molecule has 3 nitrogen and oxygen atoms in total. The average molecular weight is 249 g/mol. The Morgan fingerprint density at radius 2 is 1.74 bits per heavy atom. The summed E-state index contributed by atoms with van der Waals surface area (Å²) in [4.78, 5) is 8.28. The van der Waals surface area contributed by atoms with Crippen LogP contribution in [0.3, 0.4) is 0 Å². The highest BCUT2D eigenvalue weighted by Gasteiger charge is 2.06. The maximum absolute atomic E-state index is 5.60. The number of fused-ring (bicyclic) bond motifs is 1. The lowest BCUT2D eigenvalue weighted by molar-refractivity contribution is 1.24. The smallest absolute Gasteiger partial charge is 0.220 e. The molecule has 0 saturated heterocycles. The number of nitrogens with zero attached hydrogens (tertiary/aromatic N) is 2. The van der Waals surface area contributed by atoms with Crippen molar-refractivity contribution in [2.45, 2.75) is 13.8 Å². The van der Waals surface area contributed by atoms with Gasteiger partial charge in [-0.15, -0.1) is 0 Å². The van der Waals surface area contributed by atoms with Gasteiger partial charge in [-0.05, 0) is 48.2 Å². The number of anilines is 1. The molecule has 0 atom stereocenters. The first-order valence-electron chi connectivity index (χ1n) is 6.24. The van der Waals surface area contributed by atoms with E-state index in [0.717, 1.165) is 10.9 Å². The third kappa shape index (κ3) is 2.03. The minimum absolute atomic E-state index is 0.312. The molecule has 19 heavy (non-hydrogen) atoms. The quantitative estimate of drug-likeness (QED) is 0.718. The molecule has 2 N–H and O–H groups in total. The zero-order valence-corrected chi connectivity index (χ0v) is 11.0. The summed E-state index contributed by atoms with van der Waals surface area (Å²) >= 11 is 0. The fourth-order valence-corrected chi connectivity index (χ4v) is 2.47. The molecule has 3 aromatic rings. The van der Waals surface area contributed by atoms with Crippen LogP contribution in [0.25, 0.3) is 22.0 Å². The SMILES string of the molecule is Cc1cccc(C)c1-c1ccc2nc(N)ncc2c1. The van der Waals surface area contributed by atoms with Crippen molar-refractivity contribution in [3.63, 3.8) is 0 Å². The molecule has 0 amide bonds. The number of nitrogen functional groups attached to an aromatic ring is 1. The van der Waals surface area contributed by atoms with E-state index in [1.165, 1.54) is 22.3 Å². The highest BCUT2D eigenvalue weighted by atomic mass is 15.0. The van der Waals surface area contributed by atoms with Gasteiger partial charge < -0.3 is 5.73 Å². The summed E-state index contributed by atoms with van der Waals surface area (Å²) in [6, 6.07) is 12.5.